The molecule has 6 aliphatic carbocycles. The predicted molar refractivity (Wildman–Crippen MR) is 216 cm³/mol. The number of carbonyl (C=O) groups excluding carboxylic acids is 2. The Kier molecular flexibility index (Phi) is 10.7. The fourth-order valence-electron chi connectivity index (χ4n) is 12.4. The average molecular weight is 868 g/mol. The van der Waals surface area contributed by atoms with E-state index in [2.05, 4.69) is 23.8 Å². The van der Waals surface area contributed by atoms with Gasteiger partial charge in [-0.3, -0.25) is 9.59 Å². The number of carbonyl (C=O) groups is 2. The number of aliphatic hydroxyl groups is 2. The lowest BCUT2D eigenvalue weighted by Gasteiger charge is -2.71. The molecule has 8 nitrogen and oxygen atoms in total. The minimum Gasteiger partial charge on any atom is -0.493 e. The van der Waals surface area contributed by atoms with Crippen molar-refractivity contribution in [2.75, 3.05) is 20.8 Å². The third kappa shape index (κ3) is 7.09. The molecule has 2 bridgehead atoms. The van der Waals surface area contributed by atoms with Crippen LogP contribution in [0.4, 0.5) is 26.3 Å². The summed E-state index contributed by atoms with van der Waals surface area (Å²) < 4.78 is 95.9. The van der Waals surface area contributed by atoms with E-state index in [1.54, 1.807) is 18.2 Å². The number of fused-ring (bicyclic) bond motifs is 1. The molecule has 332 valence electrons. The van der Waals surface area contributed by atoms with Crippen LogP contribution < -0.4 is 14.2 Å². The summed E-state index contributed by atoms with van der Waals surface area (Å²) in [7, 11) is 2.97. The standard InChI is InChI=1S/C48H51F6NO7/c1-42-17-14-33(56)25-44(42)20-21-46(35(26-44)41(58)31-6-5-7-32(24-31)47(49,50)51)38(42)15-18-43(2)39(46)16-19-45(43,59)28-55(27-29-8-11-34(12-9-29)62-48(52,53)54)40(57)23-30-10-13-36(60-3)37(22-30)61-4/h5-13,20-22,24,26,33,38-39,56,59H,14-19,23,25,27-28H2,1-4H3/t33?,38-,39-,42-,43+,44+,45-,46-/m1/s1. The van der Waals surface area contributed by atoms with Gasteiger partial charge in [-0.2, -0.15) is 13.2 Å². The second-order valence-electron chi connectivity index (χ2n) is 18.5. The van der Waals surface area contributed by atoms with Crippen molar-refractivity contribution in [1.82, 2.24) is 4.90 Å². The highest BCUT2D eigenvalue weighted by molar-refractivity contribution is 6.10. The Labute approximate surface area is 356 Å². The lowest BCUT2D eigenvalue weighted by molar-refractivity contribution is -0.274. The summed E-state index contributed by atoms with van der Waals surface area (Å²) in [6, 6.07) is 14.7. The molecule has 3 aromatic carbocycles. The number of Topliss-reactive ketones (excluding diaryl/α,β-unsaturated/α-hetero) is 1. The van der Waals surface area contributed by atoms with Crippen molar-refractivity contribution in [2.24, 2.45) is 33.5 Å². The molecule has 0 aliphatic heterocycles. The molecule has 3 saturated carbocycles. The van der Waals surface area contributed by atoms with Gasteiger partial charge in [-0.05, 0) is 110 Å². The second kappa shape index (κ2) is 15.2. The van der Waals surface area contributed by atoms with Gasteiger partial charge in [0.15, 0.2) is 17.3 Å². The van der Waals surface area contributed by atoms with Crippen molar-refractivity contribution in [1.29, 1.82) is 0 Å². The number of aliphatic hydroxyl groups excluding tert-OH is 1. The summed E-state index contributed by atoms with van der Waals surface area (Å²) in [6.07, 6.45) is -0.817. The van der Waals surface area contributed by atoms with Gasteiger partial charge in [0.25, 0.3) is 0 Å². The summed E-state index contributed by atoms with van der Waals surface area (Å²) in [4.78, 5) is 30.9. The summed E-state index contributed by atoms with van der Waals surface area (Å²) in [5, 5.41) is 24.2. The number of allylic oxidation sites excluding steroid dienone is 4. The van der Waals surface area contributed by atoms with Gasteiger partial charge in [0.2, 0.25) is 5.91 Å². The normalized spacial score (nSPS) is 32.3. The number of benzene rings is 3. The fourth-order valence-corrected chi connectivity index (χ4v) is 12.4. The molecule has 3 aromatic rings. The van der Waals surface area contributed by atoms with E-state index in [9.17, 15) is 46.1 Å². The monoisotopic (exact) mass is 867 g/mol. The molecule has 0 heterocycles. The van der Waals surface area contributed by atoms with Crippen molar-refractivity contribution >= 4 is 11.7 Å². The first-order valence-corrected chi connectivity index (χ1v) is 21.0. The van der Waals surface area contributed by atoms with E-state index >= 15 is 0 Å². The number of hydrogen-bond acceptors (Lipinski definition) is 7. The third-order valence-corrected chi connectivity index (χ3v) is 15.5. The topological polar surface area (TPSA) is 106 Å². The molecule has 9 rings (SSSR count). The van der Waals surface area contributed by atoms with Gasteiger partial charge < -0.3 is 29.3 Å². The Morgan fingerprint density at radius 2 is 1.47 bits per heavy atom. The van der Waals surface area contributed by atoms with Crippen molar-refractivity contribution in [2.45, 2.75) is 96.0 Å². The van der Waals surface area contributed by atoms with Crippen LogP contribution in [0.3, 0.4) is 0 Å². The van der Waals surface area contributed by atoms with E-state index in [0.717, 1.165) is 12.1 Å². The van der Waals surface area contributed by atoms with Gasteiger partial charge in [0.1, 0.15) is 5.75 Å². The number of halogens is 6. The molecule has 62 heavy (non-hydrogen) atoms. The van der Waals surface area contributed by atoms with Gasteiger partial charge in [0.05, 0.1) is 44.5 Å². The van der Waals surface area contributed by atoms with Crippen molar-refractivity contribution in [3.63, 3.8) is 0 Å². The molecular formula is C48H51F6NO7. The van der Waals surface area contributed by atoms with Crippen LogP contribution in [0.1, 0.15) is 85.8 Å². The van der Waals surface area contributed by atoms with E-state index < -0.39 is 63.0 Å². The Balaban J connectivity index is 1.18. The Morgan fingerprint density at radius 1 is 0.806 bits per heavy atom. The zero-order chi connectivity index (χ0) is 44.7. The number of rotatable bonds is 11. The highest BCUT2D eigenvalue weighted by Crippen LogP contribution is 2.78. The lowest BCUT2D eigenvalue weighted by Crippen LogP contribution is -2.67. The lowest BCUT2D eigenvalue weighted by atomic mass is 9.32. The Morgan fingerprint density at radius 3 is 2.15 bits per heavy atom. The van der Waals surface area contributed by atoms with Crippen LogP contribution in [0.25, 0.3) is 0 Å². The minimum absolute atomic E-state index is 0.0583. The maximum absolute atomic E-state index is 14.9. The number of amides is 1. The first-order valence-electron chi connectivity index (χ1n) is 21.0. The van der Waals surface area contributed by atoms with E-state index in [1.165, 1.54) is 55.5 Å². The largest absolute Gasteiger partial charge is 0.573 e. The molecule has 1 unspecified atom stereocenters. The molecule has 1 amide bonds. The highest BCUT2D eigenvalue weighted by Gasteiger charge is 2.74. The summed E-state index contributed by atoms with van der Waals surface area (Å²) >= 11 is 0. The number of hydrogen-bond donors (Lipinski definition) is 2. The van der Waals surface area contributed by atoms with Crippen molar-refractivity contribution in [3.05, 3.63) is 113 Å². The molecule has 2 spiro atoms. The van der Waals surface area contributed by atoms with Crippen molar-refractivity contribution < 1.29 is 60.4 Å². The molecule has 2 N–H and O–H groups in total. The first-order chi connectivity index (χ1) is 29.1. The van der Waals surface area contributed by atoms with Gasteiger partial charge in [-0.1, -0.05) is 62.4 Å². The maximum Gasteiger partial charge on any atom is 0.573 e. The Hall–Kier alpha value is -4.82. The van der Waals surface area contributed by atoms with Gasteiger partial charge in [-0.15, -0.1) is 13.2 Å². The van der Waals surface area contributed by atoms with Crippen LogP contribution in [0.2, 0.25) is 0 Å². The summed E-state index contributed by atoms with van der Waals surface area (Å²) in [5.41, 5.74) is -4.09. The number of nitrogens with zero attached hydrogens (tertiary/aromatic N) is 1. The van der Waals surface area contributed by atoms with Crippen LogP contribution in [-0.2, 0) is 23.9 Å². The quantitative estimate of drug-likeness (QED) is 0.112. The molecular weight excluding hydrogens is 817 g/mol. The van der Waals surface area contributed by atoms with Crippen LogP contribution in [-0.4, -0.2) is 65.6 Å². The van der Waals surface area contributed by atoms with Crippen LogP contribution >= 0.6 is 0 Å². The maximum atomic E-state index is 14.9. The molecule has 8 atom stereocenters. The first kappa shape index (κ1) is 43.8. The SMILES string of the molecule is COc1ccc(CC(=O)N(Cc2ccc(OC(F)(F)F)cc2)C[C@]2(O)CC[C@H]3[C@]45C=C[C@@]6(C=C4C(=O)c4cccc(C(F)(F)F)c4)CC(O)CC[C@]6(C)[C@H]5CC[C@@]32C)cc1OC. The van der Waals surface area contributed by atoms with Crippen LogP contribution in [0, 0.1) is 33.5 Å². The van der Waals surface area contributed by atoms with Gasteiger partial charge >= 0.3 is 12.5 Å². The Bertz CT molecular complexity index is 2310. The van der Waals surface area contributed by atoms with E-state index in [-0.39, 0.29) is 49.2 Å². The van der Waals surface area contributed by atoms with E-state index in [4.69, 9.17) is 9.47 Å². The molecule has 14 heteroatoms. The van der Waals surface area contributed by atoms with Gasteiger partial charge in [0, 0.05) is 33.9 Å². The molecule has 0 saturated heterocycles. The van der Waals surface area contributed by atoms with Crippen molar-refractivity contribution in [3.8, 4) is 17.2 Å². The van der Waals surface area contributed by atoms with E-state index in [0.29, 0.717) is 66.7 Å². The van der Waals surface area contributed by atoms with Crippen LogP contribution in [0.5, 0.6) is 17.2 Å². The summed E-state index contributed by atoms with van der Waals surface area (Å²) in [5.74, 6) is -0.947. The van der Waals surface area contributed by atoms with Crippen LogP contribution in [0.15, 0.2) is 90.5 Å². The smallest absolute Gasteiger partial charge is 0.493 e. The fraction of sp³-hybridized carbons (Fsp3) is 0.500. The van der Waals surface area contributed by atoms with E-state index in [1.807, 2.05) is 13.0 Å². The zero-order valence-electron chi connectivity index (χ0n) is 35.0. The number of ketones is 1. The molecule has 6 aliphatic rings. The average Bonchev–Trinajstić information content (AvgIpc) is 3.49. The third-order valence-electron chi connectivity index (χ3n) is 15.5. The van der Waals surface area contributed by atoms with Gasteiger partial charge in [-0.25, -0.2) is 0 Å². The summed E-state index contributed by atoms with van der Waals surface area (Å²) in [6.45, 7) is 3.98. The second-order valence-corrected chi connectivity index (χ2v) is 18.5. The molecule has 0 radical (unpaired) electrons. The molecule has 3 fully saturated rings. The number of methoxy groups -OCH3 is 2. The molecule has 0 aromatic heterocycles. The highest BCUT2D eigenvalue weighted by atomic mass is 19.4. The zero-order valence-corrected chi connectivity index (χ0v) is 35.0. The number of ether oxygens (including phenoxy) is 3. The minimum atomic E-state index is -4.89. The predicted octanol–water partition coefficient (Wildman–Crippen LogP) is 9.67. The number of alkyl halides is 6.